The van der Waals surface area contributed by atoms with Gasteiger partial charge in [-0.2, -0.15) is 0 Å². The number of hydrogen-bond donors (Lipinski definition) is 2. The third kappa shape index (κ3) is 4.52. The van der Waals surface area contributed by atoms with Crippen LogP contribution in [0.2, 0.25) is 0 Å². The Balaban J connectivity index is 1.69. The molecule has 0 spiro atoms. The Kier molecular flexibility index (Phi) is 6.91. The predicted molar refractivity (Wildman–Crippen MR) is 155 cm³/mol. The average molecular weight is 526 g/mol. The van der Waals surface area contributed by atoms with Crippen LogP contribution in [0.25, 0.3) is 5.69 Å². The van der Waals surface area contributed by atoms with Gasteiger partial charge in [-0.25, -0.2) is 0 Å². The van der Waals surface area contributed by atoms with Crippen LogP contribution < -0.4 is 20.3 Å². The fourth-order valence-corrected chi connectivity index (χ4v) is 5.70. The van der Waals surface area contributed by atoms with Crippen molar-refractivity contribution in [3.63, 3.8) is 0 Å². The summed E-state index contributed by atoms with van der Waals surface area (Å²) in [4.78, 5) is 18.7. The van der Waals surface area contributed by atoms with Gasteiger partial charge in [-0.3, -0.25) is 9.78 Å². The molecule has 1 amide bonds. The summed E-state index contributed by atoms with van der Waals surface area (Å²) in [7, 11) is 1.59. The molecule has 3 heterocycles. The lowest BCUT2D eigenvalue weighted by molar-refractivity contribution is -0.114. The number of carbonyl (C=O) groups is 1. The summed E-state index contributed by atoms with van der Waals surface area (Å²) >= 11 is 5.93. The van der Waals surface area contributed by atoms with Crippen LogP contribution in [0.15, 0.2) is 72.9 Å². The number of hydrogen-bond acceptors (Lipinski definition) is 4. The van der Waals surface area contributed by atoms with Crippen molar-refractivity contribution in [3.8, 4) is 11.4 Å². The average Bonchev–Trinajstić information content (AvgIpc) is 3.39. The van der Waals surface area contributed by atoms with Gasteiger partial charge in [-0.15, -0.1) is 0 Å². The Bertz CT molecular complexity index is 1510. The molecule has 7 nitrogen and oxygen atoms in total. The Morgan fingerprint density at radius 3 is 2.50 bits per heavy atom. The first-order valence-electron chi connectivity index (χ1n) is 12.5. The number of methoxy groups -OCH3 is 1. The van der Waals surface area contributed by atoms with E-state index in [2.05, 4.69) is 76.2 Å². The fourth-order valence-electron chi connectivity index (χ4n) is 5.35. The van der Waals surface area contributed by atoms with Gasteiger partial charge in [-0.1, -0.05) is 24.3 Å². The fraction of sp³-hybridized carbons (Fsp3) is 0.233. The highest BCUT2D eigenvalue weighted by molar-refractivity contribution is 7.80. The number of rotatable bonds is 6. The van der Waals surface area contributed by atoms with Gasteiger partial charge in [0.15, 0.2) is 5.11 Å². The highest BCUT2D eigenvalue weighted by atomic mass is 32.1. The number of thiocarbonyl (C=S) groups is 1. The van der Waals surface area contributed by atoms with Crippen molar-refractivity contribution in [2.45, 2.75) is 39.8 Å². The molecule has 0 bridgehead atoms. The summed E-state index contributed by atoms with van der Waals surface area (Å²) in [6, 6.07) is 21.9. The minimum Gasteiger partial charge on any atom is -0.495 e. The van der Waals surface area contributed by atoms with Gasteiger partial charge < -0.3 is 24.8 Å². The van der Waals surface area contributed by atoms with Crippen molar-refractivity contribution in [3.05, 3.63) is 101 Å². The van der Waals surface area contributed by atoms with E-state index in [0.717, 1.165) is 34.0 Å². The van der Waals surface area contributed by atoms with Crippen LogP contribution in [-0.4, -0.2) is 27.7 Å². The smallest absolute Gasteiger partial charge is 0.221 e. The van der Waals surface area contributed by atoms with E-state index in [1.807, 2.05) is 36.4 Å². The summed E-state index contributed by atoms with van der Waals surface area (Å²) in [5.41, 5.74) is 8.11. The number of amides is 1. The maximum absolute atomic E-state index is 11.9. The van der Waals surface area contributed by atoms with Gasteiger partial charge in [0.05, 0.1) is 30.6 Å². The van der Waals surface area contributed by atoms with E-state index in [0.29, 0.717) is 16.5 Å². The standard InChI is InChI=1S/C30H31N5O2S/c1-18-10-6-7-12-26(18)34-19(2)16-23(20(34)3)29-28(24-11-8-9-15-31-24)33-30(38)35(29)22-13-14-27(37-5)25(17-22)32-21(4)36/h6-17,28-29H,1-5H3,(H,32,36)(H,33,38)/t28-,29-/m0/s1. The van der Waals surface area contributed by atoms with E-state index in [1.165, 1.54) is 12.5 Å². The predicted octanol–water partition coefficient (Wildman–Crippen LogP) is 5.94. The summed E-state index contributed by atoms with van der Waals surface area (Å²) in [5.74, 6) is 0.407. The van der Waals surface area contributed by atoms with Crippen LogP contribution >= 0.6 is 12.2 Å². The van der Waals surface area contributed by atoms with Gasteiger partial charge in [-0.05, 0) is 86.6 Å². The molecule has 38 heavy (non-hydrogen) atoms. The molecule has 0 radical (unpaired) electrons. The quantitative estimate of drug-likeness (QED) is 0.304. The van der Waals surface area contributed by atoms with Crippen LogP contribution in [0.3, 0.4) is 0 Å². The lowest BCUT2D eigenvalue weighted by Gasteiger charge is -2.29. The Hall–Kier alpha value is -4.17. The van der Waals surface area contributed by atoms with Crippen molar-refractivity contribution < 1.29 is 9.53 Å². The second-order valence-corrected chi connectivity index (χ2v) is 9.90. The molecule has 5 rings (SSSR count). The lowest BCUT2D eigenvalue weighted by Crippen LogP contribution is -2.29. The number of para-hydroxylation sites is 1. The van der Waals surface area contributed by atoms with Crippen molar-refractivity contribution in [2.75, 3.05) is 17.3 Å². The number of ether oxygens (including phenoxy) is 1. The van der Waals surface area contributed by atoms with Gasteiger partial charge in [0.25, 0.3) is 0 Å². The Labute approximate surface area is 228 Å². The van der Waals surface area contributed by atoms with E-state index in [-0.39, 0.29) is 18.0 Å². The normalized spacial score (nSPS) is 16.9. The summed E-state index contributed by atoms with van der Waals surface area (Å²) in [6.45, 7) is 7.89. The van der Waals surface area contributed by atoms with Gasteiger partial charge in [0.1, 0.15) is 5.75 Å². The van der Waals surface area contributed by atoms with Crippen molar-refractivity contribution in [2.24, 2.45) is 0 Å². The SMILES string of the molecule is COc1ccc(N2C(=S)N[C@@H](c3ccccn3)[C@@H]2c2cc(C)n(-c3ccccc3C)c2C)cc1NC(C)=O. The molecular formula is C30H31N5O2S. The summed E-state index contributed by atoms with van der Waals surface area (Å²) in [6.07, 6.45) is 1.80. The first-order chi connectivity index (χ1) is 18.3. The highest BCUT2D eigenvalue weighted by Gasteiger charge is 2.42. The number of anilines is 2. The molecule has 2 N–H and O–H groups in total. The zero-order valence-electron chi connectivity index (χ0n) is 22.1. The molecule has 0 saturated carbocycles. The van der Waals surface area contributed by atoms with E-state index in [1.54, 1.807) is 13.3 Å². The maximum Gasteiger partial charge on any atom is 0.221 e. The first-order valence-corrected chi connectivity index (χ1v) is 12.9. The van der Waals surface area contributed by atoms with Crippen molar-refractivity contribution in [1.82, 2.24) is 14.9 Å². The maximum atomic E-state index is 11.9. The molecule has 2 atom stereocenters. The monoisotopic (exact) mass is 525 g/mol. The van der Waals surface area contributed by atoms with Gasteiger partial charge in [0, 0.05) is 35.9 Å². The zero-order chi connectivity index (χ0) is 27.0. The molecule has 2 aromatic heterocycles. The second kappa shape index (κ2) is 10.3. The number of pyridine rings is 1. The second-order valence-electron chi connectivity index (χ2n) is 9.51. The number of nitrogens with zero attached hydrogens (tertiary/aromatic N) is 3. The minimum absolute atomic E-state index is 0.174. The van der Waals surface area contributed by atoms with E-state index in [4.69, 9.17) is 17.0 Å². The topological polar surface area (TPSA) is 71.4 Å². The molecule has 8 heteroatoms. The molecule has 1 aliphatic heterocycles. The number of nitrogens with one attached hydrogen (secondary N) is 2. The Morgan fingerprint density at radius 1 is 1.05 bits per heavy atom. The van der Waals surface area contributed by atoms with Crippen molar-refractivity contribution >= 4 is 34.6 Å². The number of carbonyl (C=O) groups excluding carboxylic acids is 1. The highest BCUT2D eigenvalue weighted by Crippen LogP contribution is 2.45. The van der Waals surface area contributed by atoms with E-state index >= 15 is 0 Å². The van der Waals surface area contributed by atoms with Crippen LogP contribution in [0.5, 0.6) is 5.75 Å². The number of benzene rings is 2. The van der Waals surface area contributed by atoms with Crippen LogP contribution in [-0.2, 0) is 4.79 Å². The molecule has 4 aromatic rings. The third-order valence-corrected chi connectivity index (χ3v) is 7.33. The number of aromatic nitrogens is 2. The van der Waals surface area contributed by atoms with E-state index in [9.17, 15) is 4.79 Å². The largest absolute Gasteiger partial charge is 0.495 e. The minimum atomic E-state index is -0.181. The molecule has 1 saturated heterocycles. The lowest BCUT2D eigenvalue weighted by atomic mass is 9.96. The molecular weight excluding hydrogens is 494 g/mol. The van der Waals surface area contributed by atoms with Crippen LogP contribution in [0.1, 0.15) is 47.2 Å². The molecule has 1 aliphatic rings. The Morgan fingerprint density at radius 2 is 1.82 bits per heavy atom. The van der Waals surface area contributed by atoms with Crippen LogP contribution in [0.4, 0.5) is 11.4 Å². The van der Waals surface area contributed by atoms with Crippen LogP contribution in [0, 0.1) is 20.8 Å². The third-order valence-electron chi connectivity index (χ3n) is 7.02. The zero-order valence-corrected chi connectivity index (χ0v) is 23.0. The first kappa shape index (κ1) is 25.5. The number of aryl methyl sites for hydroxylation is 2. The molecule has 2 aromatic carbocycles. The van der Waals surface area contributed by atoms with Gasteiger partial charge >= 0.3 is 0 Å². The molecule has 0 unspecified atom stereocenters. The van der Waals surface area contributed by atoms with Crippen molar-refractivity contribution in [1.29, 1.82) is 0 Å². The summed E-state index contributed by atoms with van der Waals surface area (Å²) in [5, 5.41) is 7.00. The molecule has 1 fully saturated rings. The van der Waals surface area contributed by atoms with Gasteiger partial charge in [0.2, 0.25) is 5.91 Å². The molecule has 0 aliphatic carbocycles. The van der Waals surface area contributed by atoms with E-state index < -0.39 is 0 Å². The molecule has 194 valence electrons. The summed E-state index contributed by atoms with van der Waals surface area (Å²) < 4.78 is 7.80.